The van der Waals surface area contributed by atoms with Gasteiger partial charge >= 0.3 is 0 Å². The number of hydrogen-bond acceptors (Lipinski definition) is 1. The topological polar surface area (TPSA) is 17.1 Å². The van der Waals surface area contributed by atoms with Gasteiger partial charge in [-0.1, -0.05) is 6.42 Å². The van der Waals surface area contributed by atoms with E-state index in [9.17, 15) is 13.6 Å². The third-order valence-electron chi connectivity index (χ3n) is 2.19. The van der Waals surface area contributed by atoms with Gasteiger partial charge < -0.3 is 0 Å². The molecule has 1 saturated carbocycles. The molecule has 0 aromatic rings. The molecule has 0 atom stereocenters. The maximum absolute atomic E-state index is 12.9. The van der Waals surface area contributed by atoms with Crippen LogP contribution in [0.15, 0.2) is 0 Å². The van der Waals surface area contributed by atoms with Crippen LogP contribution in [0.1, 0.15) is 32.6 Å². The van der Waals surface area contributed by atoms with E-state index in [1.807, 2.05) is 0 Å². The quantitative estimate of drug-likeness (QED) is 0.622. The van der Waals surface area contributed by atoms with Crippen molar-refractivity contribution in [3.8, 4) is 0 Å². The molecule has 0 aromatic carbocycles. The fourth-order valence-electron chi connectivity index (χ4n) is 1.31. The monoisotopic (exact) mass is 162 g/mol. The predicted molar refractivity (Wildman–Crippen MR) is 37.6 cm³/mol. The molecule has 3 heteroatoms. The Balaban J connectivity index is 2.43. The van der Waals surface area contributed by atoms with Crippen LogP contribution in [-0.2, 0) is 4.79 Å². The summed E-state index contributed by atoms with van der Waals surface area (Å²) in [5, 5.41) is 0. The van der Waals surface area contributed by atoms with Crippen molar-refractivity contribution in [3.63, 3.8) is 0 Å². The Bertz CT molecular complexity index is 161. The Labute approximate surface area is 64.8 Å². The lowest BCUT2D eigenvalue weighted by Crippen LogP contribution is -2.34. The van der Waals surface area contributed by atoms with Crippen LogP contribution in [0, 0.1) is 5.92 Å². The normalized spacial score (nSPS) is 19.5. The Morgan fingerprint density at radius 2 is 2.09 bits per heavy atom. The van der Waals surface area contributed by atoms with E-state index in [1.165, 1.54) is 6.92 Å². The lowest BCUT2D eigenvalue weighted by Gasteiger charge is -2.32. The van der Waals surface area contributed by atoms with E-state index in [4.69, 9.17) is 0 Å². The summed E-state index contributed by atoms with van der Waals surface area (Å²) in [6, 6.07) is 0. The third kappa shape index (κ3) is 1.98. The van der Waals surface area contributed by atoms with E-state index in [0.29, 0.717) is 12.8 Å². The maximum atomic E-state index is 12.9. The Morgan fingerprint density at radius 3 is 2.36 bits per heavy atom. The van der Waals surface area contributed by atoms with Crippen molar-refractivity contribution in [1.82, 2.24) is 0 Å². The number of ketones is 1. The third-order valence-corrected chi connectivity index (χ3v) is 2.19. The maximum Gasteiger partial charge on any atom is 0.257 e. The first-order valence-corrected chi connectivity index (χ1v) is 3.89. The predicted octanol–water partition coefficient (Wildman–Crippen LogP) is 2.40. The first kappa shape index (κ1) is 8.62. The van der Waals surface area contributed by atoms with Gasteiger partial charge in [0.2, 0.25) is 0 Å². The van der Waals surface area contributed by atoms with E-state index in [1.54, 1.807) is 0 Å². The summed E-state index contributed by atoms with van der Waals surface area (Å²) in [7, 11) is 0. The number of alkyl halides is 2. The van der Waals surface area contributed by atoms with Gasteiger partial charge in [0.1, 0.15) is 5.78 Å². The number of carbonyl (C=O) groups excluding carboxylic acids is 1. The van der Waals surface area contributed by atoms with Crippen LogP contribution in [0.25, 0.3) is 0 Å². The number of Topliss-reactive ketones (excluding diaryl/α,β-unsaturated/α-hetero) is 1. The molecule has 0 aliphatic heterocycles. The van der Waals surface area contributed by atoms with Crippen molar-refractivity contribution >= 4 is 5.78 Å². The second-order valence-corrected chi connectivity index (χ2v) is 3.27. The minimum atomic E-state index is -2.73. The van der Waals surface area contributed by atoms with E-state index in [0.717, 1.165) is 6.42 Å². The van der Waals surface area contributed by atoms with Gasteiger partial charge in [-0.15, -0.1) is 0 Å². The number of carbonyl (C=O) groups is 1. The summed E-state index contributed by atoms with van der Waals surface area (Å²) in [6.07, 6.45) is 1.48. The zero-order valence-corrected chi connectivity index (χ0v) is 6.57. The van der Waals surface area contributed by atoms with Crippen LogP contribution in [0.2, 0.25) is 0 Å². The minimum absolute atomic E-state index is 0.415. The number of halogens is 2. The molecule has 1 rings (SSSR count). The van der Waals surface area contributed by atoms with Crippen LogP contribution in [-0.4, -0.2) is 11.7 Å². The SMILES string of the molecule is CC(=O)CC(F)(F)C1CCC1. The average molecular weight is 162 g/mol. The van der Waals surface area contributed by atoms with Crippen LogP contribution < -0.4 is 0 Å². The van der Waals surface area contributed by atoms with Gasteiger partial charge in [-0.2, -0.15) is 0 Å². The van der Waals surface area contributed by atoms with Crippen molar-refractivity contribution in [2.24, 2.45) is 5.92 Å². The highest BCUT2D eigenvalue weighted by atomic mass is 19.3. The lowest BCUT2D eigenvalue weighted by molar-refractivity contribution is -0.134. The molecule has 0 unspecified atom stereocenters. The zero-order chi connectivity index (χ0) is 8.48. The van der Waals surface area contributed by atoms with E-state index >= 15 is 0 Å². The molecule has 64 valence electrons. The molecular weight excluding hydrogens is 150 g/mol. The van der Waals surface area contributed by atoms with Gasteiger partial charge in [0.05, 0.1) is 6.42 Å². The molecule has 0 heterocycles. The average Bonchev–Trinajstić information content (AvgIpc) is 1.50. The molecule has 0 N–H and O–H groups in total. The van der Waals surface area contributed by atoms with Gasteiger partial charge in [0, 0.05) is 5.92 Å². The molecule has 11 heavy (non-hydrogen) atoms. The second-order valence-electron chi connectivity index (χ2n) is 3.27. The highest BCUT2D eigenvalue weighted by Crippen LogP contribution is 2.41. The summed E-state index contributed by atoms with van der Waals surface area (Å²) in [6.45, 7) is 1.21. The van der Waals surface area contributed by atoms with E-state index in [2.05, 4.69) is 0 Å². The molecule has 1 aliphatic carbocycles. The smallest absolute Gasteiger partial charge is 0.257 e. The molecule has 1 aliphatic rings. The Kier molecular flexibility index (Phi) is 2.25. The van der Waals surface area contributed by atoms with Crippen LogP contribution in [0.3, 0.4) is 0 Å². The molecule has 0 radical (unpaired) electrons. The highest BCUT2D eigenvalue weighted by Gasteiger charge is 2.43. The van der Waals surface area contributed by atoms with Crippen molar-refractivity contribution in [2.45, 2.75) is 38.5 Å². The Morgan fingerprint density at radius 1 is 1.55 bits per heavy atom. The fraction of sp³-hybridized carbons (Fsp3) is 0.875. The van der Waals surface area contributed by atoms with Crippen LogP contribution >= 0.6 is 0 Å². The van der Waals surface area contributed by atoms with Crippen molar-refractivity contribution in [2.75, 3.05) is 0 Å². The van der Waals surface area contributed by atoms with Crippen molar-refractivity contribution in [3.05, 3.63) is 0 Å². The first-order valence-electron chi connectivity index (χ1n) is 3.89. The second kappa shape index (κ2) is 2.88. The van der Waals surface area contributed by atoms with Gasteiger partial charge in [-0.25, -0.2) is 8.78 Å². The van der Waals surface area contributed by atoms with Gasteiger partial charge in [-0.3, -0.25) is 4.79 Å². The molecule has 0 bridgehead atoms. The largest absolute Gasteiger partial charge is 0.300 e. The van der Waals surface area contributed by atoms with E-state index in [-0.39, 0.29) is 0 Å². The van der Waals surface area contributed by atoms with Gasteiger partial charge in [0.15, 0.2) is 0 Å². The molecule has 0 spiro atoms. The van der Waals surface area contributed by atoms with Gasteiger partial charge in [-0.05, 0) is 19.8 Å². The highest BCUT2D eigenvalue weighted by molar-refractivity contribution is 5.76. The fourth-order valence-corrected chi connectivity index (χ4v) is 1.31. The number of hydrogen-bond donors (Lipinski definition) is 0. The standard InChI is InChI=1S/C8H12F2O/c1-6(11)5-8(9,10)7-3-2-4-7/h7H,2-5H2,1H3. The molecular formula is C8H12F2O. The summed E-state index contributed by atoms with van der Waals surface area (Å²) in [5.41, 5.74) is 0. The lowest BCUT2D eigenvalue weighted by atomic mass is 9.79. The summed E-state index contributed by atoms with van der Waals surface area (Å²) in [4.78, 5) is 10.4. The summed E-state index contributed by atoms with van der Waals surface area (Å²) in [5.74, 6) is -3.67. The zero-order valence-electron chi connectivity index (χ0n) is 6.57. The molecule has 0 saturated heterocycles. The molecule has 0 amide bonds. The summed E-state index contributed by atoms with van der Waals surface area (Å²) < 4.78 is 25.8. The van der Waals surface area contributed by atoms with Gasteiger partial charge in [0.25, 0.3) is 5.92 Å². The Hall–Kier alpha value is -0.470. The molecule has 1 nitrogen and oxygen atoms in total. The van der Waals surface area contributed by atoms with Crippen LogP contribution in [0.5, 0.6) is 0 Å². The van der Waals surface area contributed by atoms with Crippen molar-refractivity contribution in [1.29, 1.82) is 0 Å². The minimum Gasteiger partial charge on any atom is -0.300 e. The van der Waals surface area contributed by atoms with Crippen molar-refractivity contribution < 1.29 is 13.6 Å². The molecule has 0 aromatic heterocycles. The summed E-state index contributed by atoms with van der Waals surface area (Å²) >= 11 is 0. The molecule has 1 fully saturated rings. The number of rotatable bonds is 3. The first-order chi connectivity index (χ1) is 5.02. The van der Waals surface area contributed by atoms with Crippen LogP contribution in [0.4, 0.5) is 8.78 Å². The van der Waals surface area contributed by atoms with E-state index < -0.39 is 24.0 Å².